The Labute approximate surface area is 109 Å². The first-order valence-corrected chi connectivity index (χ1v) is 6.60. The lowest BCUT2D eigenvalue weighted by molar-refractivity contribution is -0.142. The van der Waals surface area contributed by atoms with Crippen LogP contribution in [0.25, 0.3) is 0 Å². The highest BCUT2D eigenvalue weighted by Crippen LogP contribution is 2.15. The molecule has 3 heteroatoms. The van der Waals surface area contributed by atoms with Gasteiger partial charge in [0.15, 0.2) is 0 Å². The minimum absolute atomic E-state index is 0.134. The summed E-state index contributed by atoms with van der Waals surface area (Å²) in [7, 11) is 0. The van der Waals surface area contributed by atoms with Crippen LogP contribution in [0.5, 0.6) is 0 Å². The molecule has 0 saturated heterocycles. The number of anilines is 1. The molecule has 0 radical (unpaired) electrons. The molecule has 0 saturated carbocycles. The van der Waals surface area contributed by atoms with E-state index >= 15 is 0 Å². The van der Waals surface area contributed by atoms with Gasteiger partial charge in [0.1, 0.15) is 0 Å². The molecule has 1 atom stereocenters. The van der Waals surface area contributed by atoms with Crippen LogP contribution in [0.4, 0.5) is 5.69 Å². The number of aryl methyl sites for hydroxylation is 1. The molecule has 18 heavy (non-hydrogen) atoms. The Kier molecular flexibility index (Phi) is 5.69. The molecule has 0 aliphatic heterocycles. The maximum atomic E-state index is 11.1. The zero-order chi connectivity index (χ0) is 13.5. The van der Waals surface area contributed by atoms with Crippen LogP contribution < -0.4 is 5.32 Å². The van der Waals surface area contributed by atoms with Gasteiger partial charge in [-0.2, -0.15) is 0 Å². The Balaban J connectivity index is 2.54. The van der Waals surface area contributed by atoms with Crippen molar-refractivity contribution in [1.29, 1.82) is 0 Å². The summed E-state index contributed by atoms with van der Waals surface area (Å²) in [4.78, 5) is 11.1. The van der Waals surface area contributed by atoms with E-state index in [2.05, 4.69) is 24.4 Å². The van der Waals surface area contributed by atoms with E-state index in [1.165, 1.54) is 5.56 Å². The summed E-state index contributed by atoms with van der Waals surface area (Å²) in [6.45, 7) is 6.50. The van der Waals surface area contributed by atoms with Crippen molar-refractivity contribution in [2.45, 2.75) is 33.6 Å². The first-order valence-electron chi connectivity index (χ1n) is 6.60. The Hall–Kier alpha value is -1.51. The molecule has 100 valence electrons. The average Bonchev–Trinajstić information content (AvgIpc) is 2.31. The average molecular weight is 249 g/mol. The van der Waals surface area contributed by atoms with E-state index in [-0.39, 0.29) is 11.8 Å². The Morgan fingerprint density at radius 3 is 2.33 bits per heavy atom. The Morgan fingerprint density at radius 2 is 1.89 bits per heavy atom. The van der Waals surface area contributed by atoms with Gasteiger partial charge in [-0.3, -0.25) is 4.79 Å². The van der Waals surface area contributed by atoms with Crippen LogP contribution in [0.2, 0.25) is 0 Å². The van der Waals surface area contributed by atoms with E-state index in [1.807, 2.05) is 26.0 Å². The number of hydrogen-bond donors (Lipinski definition) is 2. The fraction of sp³-hybridized carbons (Fsp3) is 0.533. The number of nitrogens with one attached hydrogen (secondary N) is 1. The van der Waals surface area contributed by atoms with Gasteiger partial charge in [-0.15, -0.1) is 0 Å². The molecule has 3 nitrogen and oxygen atoms in total. The lowest BCUT2D eigenvalue weighted by atomic mass is 9.96. The molecule has 0 fully saturated rings. The van der Waals surface area contributed by atoms with Crippen molar-refractivity contribution < 1.29 is 9.90 Å². The molecular formula is C15H23NO2. The molecular weight excluding hydrogens is 226 g/mol. The Bertz CT molecular complexity index is 371. The van der Waals surface area contributed by atoms with Gasteiger partial charge in [0.05, 0.1) is 5.92 Å². The number of benzene rings is 1. The molecule has 2 N–H and O–H groups in total. The van der Waals surface area contributed by atoms with Crippen molar-refractivity contribution in [1.82, 2.24) is 0 Å². The van der Waals surface area contributed by atoms with Crippen LogP contribution in [-0.4, -0.2) is 17.6 Å². The highest BCUT2D eigenvalue weighted by molar-refractivity contribution is 5.71. The monoisotopic (exact) mass is 249 g/mol. The van der Waals surface area contributed by atoms with Gasteiger partial charge in [-0.25, -0.2) is 0 Å². The standard InChI is InChI=1S/C15H23NO2/c1-4-5-12-6-8-13(9-7-12)16-10-14(11(2)3)15(17)18/h6-9,11,14,16H,4-5,10H2,1-3H3,(H,17,18). The number of hydrogen-bond acceptors (Lipinski definition) is 2. The summed E-state index contributed by atoms with van der Waals surface area (Å²) in [5.74, 6) is -0.949. The molecule has 0 aliphatic carbocycles. The van der Waals surface area contributed by atoms with E-state index in [0.29, 0.717) is 6.54 Å². The molecule has 0 bridgehead atoms. The highest BCUT2D eigenvalue weighted by atomic mass is 16.4. The number of carboxylic acids is 1. The minimum atomic E-state index is -0.736. The van der Waals surface area contributed by atoms with Crippen molar-refractivity contribution in [2.75, 3.05) is 11.9 Å². The lowest BCUT2D eigenvalue weighted by Crippen LogP contribution is -2.27. The molecule has 1 aromatic rings. The summed E-state index contributed by atoms with van der Waals surface area (Å²) in [5.41, 5.74) is 2.31. The zero-order valence-electron chi connectivity index (χ0n) is 11.4. The number of aliphatic carboxylic acids is 1. The summed E-state index contributed by atoms with van der Waals surface area (Å²) in [6.07, 6.45) is 2.23. The van der Waals surface area contributed by atoms with Crippen LogP contribution in [0.15, 0.2) is 24.3 Å². The molecule has 1 unspecified atom stereocenters. The van der Waals surface area contributed by atoms with Crippen molar-refractivity contribution in [2.24, 2.45) is 11.8 Å². The second kappa shape index (κ2) is 7.04. The van der Waals surface area contributed by atoms with Crippen LogP contribution in [-0.2, 0) is 11.2 Å². The molecule has 0 aromatic heterocycles. The van der Waals surface area contributed by atoms with Gasteiger partial charge in [-0.05, 0) is 30.0 Å². The van der Waals surface area contributed by atoms with E-state index in [1.54, 1.807) is 0 Å². The topological polar surface area (TPSA) is 49.3 Å². The van der Waals surface area contributed by atoms with E-state index in [9.17, 15) is 4.79 Å². The smallest absolute Gasteiger partial charge is 0.308 e. The first kappa shape index (κ1) is 14.6. The molecule has 0 spiro atoms. The van der Waals surface area contributed by atoms with Crippen LogP contribution in [0, 0.1) is 11.8 Å². The maximum Gasteiger partial charge on any atom is 0.308 e. The lowest BCUT2D eigenvalue weighted by Gasteiger charge is -2.17. The normalized spacial score (nSPS) is 12.4. The molecule has 1 aromatic carbocycles. The third kappa shape index (κ3) is 4.40. The maximum absolute atomic E-state index is 11.1. The molecule has 0 heterocycles. The zero-order valence-corrected chi connectivity index (χ0v) is 11.4. The van der Waals surface area contributed by atoms with Crippen LogP contribution >= 0.6 is 0 Å². The van der Waals surface area contributed by atoms with E-state index < -0.39 is 5.97 Å². The third-order valence-corrected chi connectivity index (χ3v) is 3.14. The molecule has 1 rings (SSSR count). The van der Waals surface area contributed by atoms with Gasteiger partial charge in [-0.1, -0.05) is 39.3 Å². The van der Waals surface area contributed by atoms with Gasteiger partial charge < -0.3 is 10.4 Å². The van der Waals surface area contributed by atoms with Gasteiger partial charge in [0.25, 0.3) is 0 Å². The quantitative estimate of drug-likeness (QED) is 0.778. The van der Waals surface area contributed by atoms with E-state index in [0.717, 1.165) is 18.5 Å². The minimum Gasteiger partial charge on any atom is -0.481 e. The summed E-state index contributed by atoms with van der Waals surface area (Å²) < 4.78 is 0. The molecule has 0 amide bonds. The third-order valence-electron chi connectivity index (χ3n) is 3.14. The van der Waals surface area contributed by atoms with Crippen LogP contribution in [0.3, 0.4) is 0 Å². The van der Waals surface area contributed by atoms with Crippen molar-refractivity contribution in [3.63, 3.8) is 0 Å². The predicted molar refractivity (Wildman–Crippen MR) is 74.9 cm³/mol. The SMILES string of the molecule is CCCc1ccc(NCC(C(=O)O)C(C)C)cc1. The van der Waals surface area contributed by atoms with Gasteiger partial charge >= 0.3 is 5.97 Å². The summed E-state index contributed by atoms with van der Waals surface area (Å²) >= 11 is 0. The number of rotatable bonds is 7. The van der Waals surface area contributed by atoms with Gasteiger partial charge in [0.2, 0.25) is 0 Å². The van der Waals surface area contributed by atoms with Gasteiger partial charge in [0, 0.05) is 12.2 Å². The van der Waals surface area contributed by atoms with Crippen molar-refractivity contribution >= 4 is 11.7 Å². The van der Waals surface area contributed by atoms with E-state index in [4.69, 9.17) is 5.11 Å². The fourth-order valence-corrected chi connectivity index (χ4v) is 1.91. The molecule has 0 aliphatic rings. The van der Waals surface area contributed by atoms with Crippen LogP contribution in [0.1, 0.15) is 32.8 Å². The number of carboxylic acid groups (broad SMARTS) is 1. The fourth-order valence-electron chi connectivity index (χ4n) is 1.91. The highest BCUT2D eigenvalue weighted by Gasteiger charge is 2.20. The number of carbonyl (C=O) groups is 1. The largest absolute Gasteiger partial charge is 0.481 e. The van der Waals surface area contributed by atoms with Crippen molar-refractivity contribution in [3.8, 4) is 0 Å². The second-order valence-electron chi connectivity index (χ2n) is 5.02. The summed E-state index contributed by atoms with van der Waals surface area (Å²) in [5, 5.41) is 12.3. The predicted octanol–water partition coefficient (Wildman–Crippen LogP) is 3.41. The summed E-state index contributed by atoms with van der Waals surface area (Å²) in [6, 6.07) is 8.22. The Morgan fingerprint density at radius 1 is 1.28 bits per heavy atom. The van der Waals surface area contributed by atoms with Crippen molar-refractivity contribution in [3.05, 3.63) is 29.8 Å². The first-order chi connectivity index (χ1) is 8.54. The second-order valence-corrected chi connectivity index (χ2v) is 5.02.